The Bertz CT molecular complexity index is 1960. The Morgan fingerprint density at radius 2 is 1.69 bits per heavy atom. The minimum absolute atomic E-state index is 0.166. The fourth-order valence-electron chi connectivity index (χ4n) is 6.77. The van der Waals surface area contributed by atoms with E-state index >= 15 is 0 Å². The van der Waals surface area contributed by atoms with Gasteiger partial charge in [-0.05, 0) is 85.6 Å². The third kappa shape index (κ3) is 8.17. The average molecular weight is 691 g/mol. The van der Waals surface area contributed by atoms with E-state index in [0.717, 1.165) is 81.9 Å². The van der Waals surface area contributed by atoms with Gasteiger partial charge in [-0.25, -0.2) is 9.97 Å². The molecular formula is C40H46N6O5. The molecule has 2 fully saturated rings. The quantitative estimate of drug-likeness (QED) is 0.147. The number of nitrogens with zero attached hydrogens (tertiary/aromatic N) is 5. The van der Waals surface area contributed by atoms with Crippen LogP contribution in [0.5, 0.6) is 23.1 Å². The molecule has 0 unspecified atom stereocenters. The van der Waals surface area contributed by atoms with E-state index in [1.807, 2.05) is 60.7 Å². The Labute approximate surface area is 299 Å². The molecule has 0 spiro atoms. The van der Waals surface area contributed by atoms with Crippen molar-refractivity contribution in [1.82, 2.24) is 19.8 Å². The summed E-state index contributed by atoms with van der Waals surface area (Å²) in [5.41, 5.74) is 3.20. The van der Waals surface area contributed by atoms with Crippen molar-refractivity contribution in [1.29, 1.82) is 0 Å². The number of hydrogen-bond donors (Lipinski definition) is 1. The first-order valence-corrected chi connectivity index (χ1v) is 17.8. The summed E-state index contributed by atoms with van der Waals surface area (Å²) in [7, 11) is 1.62. The molecule has 2 saturated heterocycles. The second-order valence-corrected chi connectivity index (χ2v) is 13.3. The summed E-state index contributed by atoms with van der Waals surface area (Å²) in [4.78, 5) is 29.7. The Morgan fingerprint density at radius 1 is 0.882 bits per heavy atom. The molecule has 0 saturated carbocycles. The van der Waals surface area contributed by atoms with Crippen LogP contribution in [0.1, 0.15) is 30.6 Å². The Kier molecular flexibility index (Phi) is 10.8. The van der Waals surface area contributed by atoms with Gasteiger partial charge in [-0.15, -0.1) is 0 Å². The molecule has 51 heavy (non-hydrogen) atoms. The molecule has 0 radical (unpaired) electrons. The number of anilines is 2. The van der Waals surface area contributed by atoms with E-state index in [0.29, 0.717) is 52.2 Å². The molecule has 4 aromatic carbocycles. The van der Waals surface area contributed by atoms with Crippen molar-refractivity contribution < 1.29 is 23.7 Å². The molecule has 5 aromatic rings. The topological polar surface area (TPSA) is 102 Å². The molecule has 3 heterocycles. The Hall–Kier alpha value is -4.97. The predicted octanol–water partition coefficient (Wildman–Crippen LogP) is 6.47. The van der Waals surface area contributed by atoms with Crippen molar-refractivity contribution in [3.05, 3.63) is 84.7 Å². The van der Waals surface area contributed by atoms with Gasteiger partial charge in [0.15, 0.2) is 11.5 Å². The number of nitrogens with one attached hydrogen (secondary N) is 1. The summed E-state index contributed by atoms with van der Waals surface area (Å²) in [6, 6.07) is 23.8. The van der Waals surface area contributed by atoms with Crippen LogP contribution in [0.2, 0.25) is 0 Å². The third-order valence-electron chi connectivity index (χ3n) is 9.71. The number of ether oxygens (including phenoxy) is 4. The standard InChI is InChI=1S/C40H46N6O5/c1-28(2)45-15-17-46(18-16-45)31-10-8-30(9-11-31)43-39(47)34-7-4-6-29-24-32(12-13-33(29)34)51-40-35-25-37(48-3)38(26-36(35)41-27-42-40)50-21-5-14-44-19-22-49-23-20-44/h4,6-13,24-28H,5,14-23H2,1-3H3,(H,43,47). The van der Waals surface area contributed by atoms with Crippen LogP contribution in [0.3, 0.4) is 0 Å². The van der Waals surface area contributed by atoms with E-state index < -0.39 is 0 Å². The summed E-state index contributed by atoms with van der Waals surface area (Å²) < 4.78 is 23.5. The number of methoxy groups -OCH3 is 1. The van der Waals surface area contributed by atoms with Crippen LogP contribution in [0.25, 0.3) is 21.7 Å². The van der Waals surface area contributed by atoms with E-state index in [1.54, 1.807) is 7.11 Å². The molecule has 2 aliphatic heterocycles. The van der Waals surface area contributed by atoms with Crippen molar-refractivity contribution in [2.24, 2.45) is 0 Å². The number of morpholine rings is 1. The van der Waals surface area contributed by atoms with Gasteiger partial charge < -0.3 is 29.2 Å². The zero-order valence-electron chi connectivity index (χ0n) is 29.6. The first kappa shape index (κ1) is 34.5. The average Bonchev–Trinajstić information content (AvgIpc) is 3.16. The second-order valence-electron chi connectivity index (χ2n) is 13.3. The van der Waals surface area contributed by atoms with E-state index in [4.69, 9.17) is 18.9 Å². The Balaban J connectivity index is 1.01. The number of piperazine rings is 1. The van der Waals surface area contributed by atoms with Gasteiger partial charge in [-0.3, -0.25) is 14.6 Å². The van der Waals surface area contributed by atoms with Gasteiger partial charge in [-0.2, -0.15) is 0 Å². The van der Waals surface area contributed by atoms with E-state index in [-0.39, 0.29) is 5.91 Å². The maximum absolute atomic E-state index is 13.5. The second kappa shape index (κ2) is 15.9. The molecule has 11 heteroatoms. The first-order chi connectivity index (χ1) is 24.9. The molecule has 1 aromatic heterocycles. The highest BCUT2D eigenvalue weighted by Gasteiger charge is 2.20. The fourth-order valence-corrected chi connectivity index (χ4v) is 6.77. The first-order valence-electron chi connectivity index (χ1n) is 17.8. The Morgan fingerprint density at radius 3 is 2.45 bits per heavy atom. The van der Waals surface area contributed by atoms with Gasteiger partial charge in [-0.1, -0.05) is 12.1 Å². The summed E-state index contributed by atoms with van der Waals surface area (Å²) >= 11 is 0. The molecule has 2 aliphatic rings. The lowest BCUT2D eigenvalue weighted by molar-refractivity contribution is 0.0357. The maximum Gasteiger partial charge on any atom is 0.256 e. The number of benzene rings is 4. The lowest BCUT2D eigenvalue weighted by atomic mass is 10.0. The number of aromatic nitrogens is 2. The molecule has 0 aliphatic carbocycles. The summed E-state index contributed by atoms with van der Waals surface area (Å²) in [5, 5.41) is 5.48. The number of hydrogen-bond acceptors (Lipinski definition) is 10. The molecule has 11 nitrogen and oxygen atoms in total. The van der Waals surface area contributed by atoms with Crippen LogP contribution in [-0.2, 0) is 4.74 Å². The predicted molar refractivity (Wildman–Crippen MR) is 201 cm³/mol. The molecule has 266 valence electrons. The zero-order chi connectivity index (χ0) is 35.2. The summed E-state index contributed by atoms with van der Waals surface area (Å²) in [5.74, 6) is 2.04. The van der Waals surface area contributed by atoms with Crippen LogP contribution in [0.15, 0.2) is 79.1 Å². The zero-order valence-corrected chi connectivity index (χ0v) is 29.6. The van der Waals surface area contributed by atoms with Crippen LogP contribution < -0.4 is 24.4 Å². The molecule has 0 atom stereocenters. The van der Waals surface area contributed by atoms with Crippen molar-refractivity contribution in [2.45, 2.75) is 26.3 Å². The van der Waals surface area contributed by atoms with Crippen LogP contribution in [0.4, 0.5) is 11.4 Å². The highest BCUT2D eigenvalue weighted by molar-refractivity contribution is 6.13. The van der Waals surface area contributed by atoms with Gasteiger partial charge >= 0.3 is 0 Å². The van der Waals surface area contributed by atoms with Gasteiger partial charge in [0.25, 0.3) is 5.91 Å². The minimum Gasteiger partial charge on any atom is -0.493 e. The summed E-state index contributed by atoms with van der Waals surface area (Å²) in [6.45, 7) is 13.6. The van der Waals surface area contributed by atoms with E-state index in [1.165, 1.54) is 12.0 Å². The van der Waals surface area contributed by atoms with Crippen LogP contribution in [-0.4, -0.2) is 104 Å². The van der Waals surface area contributed by atoms with Crippen molar-refractivity contribution in [3.63, 3.8) is 0 Å². The van der Waals surface area contributed by atoms with Crippen LogP contribution in [0, 0.1) is 0 Å². The number of rotatable bonds is 12. The smallest absolute Gasteiger partial charge is 0.256 e. The highest BCUT2D eigenvalue weighted by atomic mass is 16.5. The number of carbonyl (C=O) groups excluding carboxylic acids is 1. The summed E-state index contributed by atoms with van der Waals surface area (Å²) in [6.07, 6.45) is 2.38. The molecule has 0 bridgehead atoms. The largest absolute Gasteiger partial charge is 0.493 e. The van der Waals surface area contributed by atoms with Crippen LogP contribution >= 0.6 is 0 Å². The van der Waals surface area contributed by atoms with Gasteiger partial charge in [0, 0.05) is 74.9 Å². The molecule has 1 N–H and O–H groups in total. The van der Waals surface area contributed by atoms with Crippen molar-refractivity contribution in [2.75, 3.05) is 83.0 Å². The number of amides is 1. The maximum atomic E-state index is 13.5. The van der Waals surface area contributed by atoms with E-state index in [2.05, 4.69) is 56.0 Å². The SMILES string of the molecule is COc1cc2c(Oc3ccc4c(C(=O)Nc5ccc(N6CCN(C(C)C)CC6)cc5)cccc4c3)ncnc2cc1OCCCN1CCOCC1. The number of carbonyl (C=O) groups is 1. The van der Waals surface area contributed by atoms with Crippen molar-refractivity contribution in [3.8, 4) is 23.1 Å². The lowest BCUT2D eigenvalue weighted by Gasteiger charge is -2.38. The lowest BCUT2D eigenvalue weighted by Crippen LogP contribution is -2.48. The monoisotopic (exact) mass is 690 g/mol. The fraction of sp³-hybridized carbons (Fsp3) is 0.375. The molecule has 1 amide bonds. The van der Waals surface area contributed by atoms with E-state index in [9.17, 15) is 4.79 Å². The minimum atomic E-state index is -0.166. The van der Waals surface area contributed by atoms with Gasteiger partial charge in [0.2, 0.25) is 5.88 Å². The normalized spacial score (nSPS) is 15.7. The molecular weight excluding hydrogens is 644 g/mol. The van der Waals surface area contributed by atoms with Gasteiger partial charge in [0.1, 0.15) is 12.1 Å². The third-order valence-corrected chi connectivity index (χ3v) is 9.71. The van der Waals surface area contributed by atoms with Gasteiger partial charge in [0.05, 0.1) is 37.8 Å². The van der Waals surface area contributed by atoms with Crippen molar-refractivity contribution >= 4 is 39.0 Å². The number of fused-ring (bicyclic) bond motifs is 2. The molecule has 7 rings (SSSR count). The highest BCUT2D eigenvalue weighted by Crippen LogP contribution is 2.37.